The van der Waals surface area contributed by atoms with Gasteiger partial charge in [-0.2, -0.15) is 10.2 Å². The van der Waals surface area contributed by atoms with Gasteiger partial charge in [0.2, 0.25) is 0 Å². The summed E-state index contributed by atoms with van der Waals surface area (Å²) in [6, 6.07) is 5.93. The highest BCUT2D eigenvalue weighted by Crippen LogP contribution is 2.29. The summed E-state index contributed by atoms with van der Waals surface area (Å²) in [5.41, 5.74) is 5.48. The van der Waals surface area contributed by atoms with Gasteiger partial charge in [-0.3, -0.25) is 4.68 Å². The van der Waals surface area contributed by atoms with Crippen molar-refractivity contribution in [1.82, 2.24) is 29.5 Å². The Hall–Kier alpha value is -3.75. The van der Waals surface area contributed by atoms with E-state index in [0.29, 0.717) is 30.0 Å². The minimum atomic E-state index is -0.416. The maximum atomic E-state index is 12.5. The fraction of sp³-hybridized carbons (Fsp3) is 0.318. The molecule has 0 saturated carbocycles. The first-order valence-electron chi connectivity index (χ1n) is 10.1. The van der Waals surface area contributed by atoms with Gasteiger partial charge in [-0.15, -0.1) is 0 Å². The third kappa shape index (κ3) is 3.86. The van der Waals surface area contributed by atoms with Crippen molar-refractivity contribution in [2.75, 3.05) is 11.9 Å². The van der Waals surface area contributed by atoms with Crippen LogP contribution in [0.5, 0.6) is 0 Å². The third-order valence-corrected chi connectivity index (χ3v) is 5.03. The van der Waals surface area contributed by atoms with E-state index in [1.807, 2.05) is 50.7 Å². The Bertz CT molecular complexity index is 1260. The third-order valence-electron chi connectivity index (χ3n) is 5.03. The molecule has 4 aromatic heterocycles. The number of nitrogens with zero attached hydrogens (tertiary/aromatic N) is 6. The maximum Gasteiger partial charge on any atom is 0.341 e. The van der Waals surface area contributed by atoms with E-state index >= 15 is 0 Å². The zero-order valence-corrected chi connectivity index (χ0v) is 18.3. The fourth-order valence-electron chi connectivity index (χ4n) is 3.66. The van der Waals surface area contributed by atoms with Gasteiger partial charge in [-0.1, -0.05) is 6.07 Å². The van der Waals surface area contributed by atoms with Crippen LogP contribution in [0.25, 0.3) is 16.9 Å². The molecule has 4 heterocycles. The minimum absolute atomic E-state index is 0.292. The van der Waals surface area contributed by atoms with Crippen LogP contribution in [0.3, 0.4) is 0 Å². The van der Waals surface area contributed by atoms with E-state index in [9.17, 15) is 4.79 Å². The van der Waals surface area contributed by atoms with Crippen LogP contribution in [0.4, 0.5) is 5.69 Å². The molecule has 0 spiro atoms. The Balaban J connectivity index is 1.64. The van der Waals surface area contributed by atoms with Crippen LogP contribution >= 0.6 is 0 Å². The largest absolute Gasteiger partial charge is 0.462 e. The number of carbonyl (C=O) groups is 1. The first-order chi connectivity index (χ1) is 14.9. The molecule has 0 aromatic carbocycles. The molecular formula is C22H25N7O2. The normalized spacial score (nSPS) is 11.1. The summed E-state index contributed by atoms with van der Waals surface area (Å²) in [6.07, 6.45) is 3.34. The van der Waals surface area contributed by atoms with Crippen molar-refractivity contribution >= 4 is 22.7 Å². The van der Waals surface area contributed by atoms with E-state index in [0.717, 1.165) is 33.8 Å². The van der Waals surface area contributed by atoms with E-state index in [2.05, 4.69) is 25.5 Å². The van der Waals surface area contributed by atoms with Crippen LogP contribution in [0, 0.1) is 20.8 Å². The zero-order valence-electron chi connectivity index (χ0n) is 18.3. The first kappa shape index (κ1) is 20.5. The van der Waals surface area contributed by atoms with E-state index in [-0.39, 0.29) is 0 Å². The molecule has 0 radical (unpaired) electrons. The van der Waals surface area contributed by atoms with Gasteiger partial charge in [0, 0.05) is 31.7 Å². The number of esters is 1. The van der Waals surface area contributed by atoms with E-state index < -0.39 is 5.97 Å². The minimum Gasteiger partial charge on any atom is -0.462 e. The summed E-state index contributed by atoms with van der Waals surface area (Å²) < 4.78 is 8.75. The van der Waals surface area contributed by atoms with Crippen LogP contribution in [-0.2, 0) is 18.3 Å². The molecule has 31 heavy (non-hydrogen) atoms. The standard InChI is InChI=1S/C22H25N7O2/c1-6-31-22(30)17-12-25-21-19(15(4)27-28(21)5)20(17)24-11-16-7-8-18(23-10-16)29-14(3)9-13(2)26-29/h7-10,12H,6,11H2,1-5H3,(H,24,25). The molecule has 0 amide bonds. The molecule has 0 saturated heterocycles. The molecule has 0 atom stereocenters. The number of nitrogens with one attached hydrogen (secondary N) is 1. The highest BCUT2D eigenvalue weighted by atomic mass is 16.5. The summed E-state index contributed by atoms with van der Waals surface area (Å²) >= 11 is 0. The van der Waals surface area contributed by atoms with Crippen LogP contribution in [0.1, 0.15) is 39.9 Å². The molecule has 9 nitrogen and oxygen atoms in total. The van der Waals surface area contributed by atoms with Crippen LogP contribution in [-0.4, -0.2) is 42.1 Å². The van der Waals surface area contributed by atoms with Gasteiger partial charge in [0.1, 0.15) is 5.56 Å². The summed E-state index contributed by atoms with van der Waals surface area (Å²) in [6.45, 7) is 8.40. The number of aryl methyl sites for hydroxylation is 4. The molecule has 4 aromatic rings. The van der Waals surface area contributed by atoms with Crippen molar-refractivity contribution in [1.29, 1.82) is 0 Å². The number of rotatable bonds is 6. The first-order valence-corrected chi connectivity index (χ1v) is 10.1. The number of aromatic nitrogens is 6. The predicted molar refractivity (Wildman–Crippen MR) is 117 cm³/mol. The van der Waals surface area contributed by atoms with Gasteiger partial charge in [0.15, 0.2) is 11.5 Å². The Morgan fingerprint density at radius 2 is 1.94 bits per heavy atom. The lowest BCUT2D eigenvalue weighted by molar-refractivity contribution is 0.0527. The Morgan fingerprint density at radius 3 is 2.58 bits per heavy atom. The van der Waals surface area contributed by atoms with E-state index in [1.54, 1.807) is 17.8 Å². The molecule has 0 bridgehead atoms. The Labute approximate surface area is 180 Å². The summed E-state index contributed by atoms with van der Waals surface area (Å²) in [5, 5.41) is 13.1. The number of pyridine rings is 2. The summed E-state index contributed by atoms with van der Waals surface area (Å²) in [7, 11) is 1.83. The molecule has 0 aliphatic heterocycles. The highest BCUT2D eigenvalue weighted by molar-refractivity contribution is 6.05. The zero-order chi connectivity index (χ0) is 22.1. The summed E-state index contributed by atoms with van der Waals surface area (Å²) in [4.78, 5) is 21.5. The van der Waals surface area contributed by atoms with Gasteiger partial charge in [0.05, 0.1) is 29.1 Å². The number of carbonyl (C=O) groups excluding carboxylic acids is 1. The van der Waals surface area contributed by atoms with Gasteiger partial charge in [0.25, 0.3) is 0 Å². The van der Waals surface area contributed by atoms with E-state index in [1.165, 1.54) is 6.20 Å². The molecule has 0 aliphatic rings. The smallest absolute Gasteiger partial charge is 0.341 e. The van der Waals surface area contributed by atoms with Gasteiger partial charge in [-0.05, 0) is 45.4 Å². The van der Waals surface area contributed by atoms with Gasteiger partial charge in [-0.25, -0.2) is 19.4 Å². The fourth-order valence-corrected chi connectivity index (χ4v) is 3.66. The monoisotopic (exact) mass is 419 g/mol. The SMILES string of the molecule is CCOC(=O)c1cnc2c(c(C)nn2C)c1NCc1ccc(-n2nc(C)cc2C)nc1. The molecule has 9 heteroatoms. The molecular weight excluding hydrogens is 394 g/mol. The second kappa shape index (κ2) is 8.17. The van der Waals surface area contributed by atoms with Crippen molar-refractivity contribution in [2.45, 2.75) is 34.2 Å². The Kier molecular flexibility index (Phi) is 5.41. The topological polar surface area (TPSA) is 99.8 Å². The quantitative estimate of drug-likeness (QED) is 0.479. The van der Waals surface area contributed by atoms with Crippen molar-refractivity contribution < 1.29 is 9.53 Å². The molecule has 0 aliphatic carbocycles. The van der Waals surface area contributed by atoms with Gasteiger partial charge >= 0.3 is 5.97 Å². The van der Waals surface area contributed by atoms with Gasteiger partial charge < -0.3 is 10.1 Å². The predicted octanol–water partition coefficient (Wildman–Crippen LogP) is 3.26. The van der Waals surface area contributed by atoms with Crippen molar-refractivity contribution in [3.8, 4) is 5.82 Å². The lowest BCUT2D eigenvalue weighted by Gasteiger charge is -2.13. The number of fused-ring (bicyclic) bond motifs is 1. The number of hydrogen-bond acceptors (Lipinski definition) is 7. The average Bonchev–Trinajstić information content (AvgIpc) is 3.24. The van der Waals surface area contributed by atoms with Crippen LogP contribution < -0.4 is 5.32 Å². The molecule has 0 unspecified atom stereocenters. The lowest BCUT2D eigenvalue weighted by atomic mass is 10.1. The van der Waals surface area contributed by atoms with Crippen molar-refractivity contribution in [3.63, 3.8) is 0 Å². The molecule has 4 rings (SSSR count). The average molecular weight is 419 g/mol. The van der Waals surface area contributed by atoms with Crippen LogP contribution in [0.15, 0.2) is 30.6 Å². The Morgan fingerprint density at radius 1 is 1.13 bits per heavy atom. The number of anilines is 1. The number of hydrogen-bond donors (Lipinski definition) is 1. The molecule has 0 fully saturated rings. The molecule has 1 N–H and O–H groups in total. The van der Waals surface area contributed by atoms with E-state index in [4.69, 9.17) is 4.74 Å². The lowest BCUT2D eigenvalue weighted by Crippen LogP contribution is -2.12. The maximum absolute atomic E-state index is 12.5. The van der Waals surface area contributed by atoms with Crippen molar-refractivity contribution in [3.05, 3.63) is 58.8 Å². The van der Waals surface area contributed by atoms with Crippen molar-refractivity contribution in [2.24, 2.45) is 7.05 Å². The second-order valence-corrected chi connectivity index (χ2v) is 7.39. The second-order valence-electron chi connectivity index (χ2n) is 7.39. The highest BCUT2D eigenvalue weighted by Gasteiger charge is 2.20. The summed E-state index contributed by atoms with van der Waals surface area (Å²) in [5.74, 6) is 0.344. The van der Waals surface area contributed by atoms with Crippen LogP contribution in [0.2, 0.25) is 0 Å². The number of ether oxygens (including phenoxy) is 1. The molecule has 160 valence electrons.